The predicted octanol–water partition coefficient (Wildman–Crippen LogP) is 9.56. The van der Waals surface area contributed by atoms with E-state index in [4.69, 9.17) is 12.2 Å². The molecule has 1 aromatic rings. The molecule has 9 heteroatoms. The molecule has 5 aliphatic carbocycles. The van der Waals surface area contributed by atoms with Crippen molar-refractivity contribution in [2.45, 2.75) is 119 Å². The number of hydrogen-bond donors (Lipinski definition) is 2. The van der Waals surface area contributed by atoms with Crippen molar-refractivity contribution in [3.63, 3.8) is 0 Å². The van der Waals surface area contributed by atoms with Gasteiger partial charge in [-0.15, -0.1) is 0 Å². The van der Waals surface area contributed by atoms with Gasteiger partial charge in [0.2, 0.25) is 5.91 Å². The fraction of sp³-hybridized carbons (Fsp3) is 0.762. The topological polar surface area (TPSA) is 55.8 Å². The molecule has 1 saturated heterocycles. The third-order valence-corrected chi connectivity index (χ3v) is 17.1. The summed E-state index contributed by atoms with van der Waals surface area (Å²) in [7, 11) is 0. The number of rotatable bonds is 2. The summed E-state index contributed by atoms with van der Waals surface area (Å²) >= 11 is 5.68. The first kappa shape index (κ1) is 37.2. The SMILES string of the molecule is C[C@H]1[C@H](C)CC[C@]2(C(=O)N3CCN(C(=S)Nc4ccc(C(F)(F)F)cc4)CC3)CC[C@]3(C)C(=CC[C@@H]4[C@@]5(C)CC[C@H](O)C(C)(C)[C@@H]5CC[C@]43C)[C@H]12. The molecule has 0 unspecified atom stereocenters. The molecule has 1 aliphatic heterocycles. The molecule has 0 radical (unpaired) electrons. The molecule has 2 N–H and O–H groups in total. The molecule has 282 valence electrons. The molecule has 0 spiro atoms. The lowest BCUT2D eigenvalue weighted by atomic mass is 9.33. The minimum Gasteiger partial charge on any atom is -0.393 e. The Kier molecular flexibility index (Phi) is 9.09. The summed E-state index contributed by atoms with van der Waals surface area (Å²) in [5, 5.41) is 14.7. The number of piperazine rings is 1. The van der Waals surface area contributed by atoms with Crippen LogP contribution in [0.15, 0.2) is 35.9 Å². The number of fused-ring (bicyclic) bond motifs is 7. The highest BCUT2D eigenvalue weighted by atomic mass is 32.1. The van der Waals surface area contributed by atoms with Crippen LogP contribution in [0.5, 0.6) is 0 Å². The van der Waals surface area contributed by atoms with Crippen molar-refractivity contribution in [2.75, 3.05) is 31.5 Å². The number of allylic oxidation sites excluding steroid dienone is 2. The molecule has 1 heterocycles. The van der Waals surface area contributed by atoms with Gasteiger partial charge in [-0.3, -0.25) is 4.79 Å². The van der Waals surface area contributed by atoms with E-state index in [0.717, 1.165) is 63.5 Å². The third-order valence-electron chi connectivity index (χ3n) is 16.7. The van der Waals surface area contributed by atoms with E-state index < -0.39 is 11.7 Å². The van der Waals surface area contributed by atoms with Gasteiger partial charge in [0.1, 0.15) is 0 Å². The number of carbonyl (C=O) groups is 1. The van der Waals surface area contributed by atoms with Gasteiger partial charge in [-0.1, -0.05) is 60.1 Å². The zero-order valence-corrected chi connectivity index (χ0v) is 32.7. The number of benzene rings is 1. The Balaban J connectivity index is 1.11. The number of aliphatic hydroxyl groups excluding tert-OH is 1. The van der Waals surface area contributed by atoms with Crippen LogP contribution in [0, 0.1) is 56.7 Å². The van der Waals surface area contributed by atoms with Crippen LogP contribution in [0.4, 0.5) is 18.9 Å². The summed E-state index contributed by atoms with van der Waals surface area (Å²) < 4.78 is 39.1. The van der Waals surface area contributed by atoms with E-state index in [1.54, 1.807) is 5.57 Å². The minimum absolute atomic E-state index is 0.0404. The van der Waals surface area contributed by atoms with E-state index in [1.165, 1.54) is 18.6 Å². The maximum Gasteiger partial charge on any atom is 0.416 e. The number of halogens is 3. The summed E-state index contributed by atoms with van der Waals surface area (Å²) in [6.07, 6.45) is 7.42. The molecule has 6 aliphatic rings. The van der Waals surface area contributed by atoms with Gasteiger partial charge in [0, 0.05) is 31.9 Å². The maximum atomic E-state index is 15.0. The van der Waals surface area contributed by atoms with Gasteiger partial charge in [0.25, 0.3) is 0 Å². The van der Waals surface area contributed by atoms with Gasteiger partial charge in [0.15, 0.2) is 5.11 Å². The van der Waals surface area contributed by atoms with E-state index in [-0.39, 0.29) is 39.1 Å². The smallest absolute Gasteiger partial charge is 0.393 e. The van der Waals surface area contributed by atoms with E-state index in [2.05, 4.69) is 64.8 Å². The van der Waals surface area contributed by atoms with Gasteiger partial charge in [0.05, 0.1) is 17.1 Å². The number of thiocarbonyl (C=S) groups is 1. The standard InChI is InChI=1S/C42H60F3N3O2S/c1-26-14-19-41(35(50)47-22-24-48(25-23-47)36(51)46-29-10-8-28(9-11-29)42(43,44)45)21-20-39(6)30(34(41)27(26)2)12-13-32-38(5)17-16-33(49)37(3,4)31(38)15-18-40(32,39)7/h8-12,26-27,31-34,49H,13-25H2,1-7H3,(H,46,51)/t26-,27+,31+,32-,33+,34+,38+,39-,40-,41+/m1/s1. The molecule has 5 nitrogen and oxygen atoms in total. The maximum absolute atomic E-state index is 15.0. The van der Waals surface area contributed by atoms with Crippen molar-refractivity contribution in [1.82, 2.24) is 9.80 Å². The number of amides is 1. The lowest BCUT2D eigenvalue weighted by Crippen LogP contribution is -2.66. The number of alkyl halides is 3. The minimum atomic E-state index is -4.38. The third kappa shape index (κ3) is 5.54. The Morgan fingerprint density at radius 2 is 1.51 bits per heavy atom. The molecule has 0 aromatic heterocycles. The van der Waals surface area contributed by atoms with Gasteiger partial charge >= 0.3 is 6.18 Å². The average molecular weight is 728 g/mol. The number of carbonyl (C=O) groups excluding carboxylic acids is 1. The van der Waals surface area contributed by atoms with E-state index in [0.29, 0.717) is 66.6 Å². The molecular weight excluding hydrogens is 668 g/mol. The Hall–Kier alpha value is -2.13. The highest BCUT2D eigenvalue weighted by Crippen LogP contribution is 2.76. The molecule has 0 bridgehead atoms. The molecule has 10 atom stereocenters. The number of anilines is 1. The largest absolute Gasteiger partial charge is 0.416 e. The van der Waals surface area contributed by atoms with Crippen molar-refractivity contribution < 1.29 is 23.1 Å². The van der Waals surface area contributed by atoms with Crippen LogP contribution in [0.2, 0.25) is 0 Å². The number of hydrogen-bond acceptors (Lipinski definition) is 3. The van der Waals surface area contributed by atoms with Crippen LogP contribution in [0.1, 0.15) is 112 Å². The molecule has 51 heavy (non-hydrogen) atoms. The Labute approximate surface area is 309 Å². The summed E-state index contributed by atoms with van der Waals surface area (Å²) in [5.41, 5.74) is 1.33. The monoisotopic (exact) mass is 727 g/mol. The van der Waals surface area contributed by atoms with Crippen molar-refractivity contribution >= 4 is 28.9 Å². The van der Waals surface area contributed by atoms with Crippen molar-refractivity contribution in [3.05, 3.63) is 41.5 Å². The highest BCUT2D eigenvalue weighted by molar-refractivity contribution is 7.80. The fourth-order valence-corrected chi connectivity index (χ4v) is 13.5. The van der Waals surface area contributed by atoms with Crippen LogP contribution in [-0.2, 0) is 11.0 Å². The molecular formula is C42H60F3N3O2S. The second-order valence-electron chi connectivity index (χ2n) is 19.0. The van der Waals surface area contributed by atoms with Gasteiger partial charge in [-0.05, 0) is 146 Å². The predicted molar refractivity (Wildman–Crippen MR) is 201 cm³/mol. The van der Waals surface area contributed by atoms with Crippen molar-refractivity contribution in [2.24, 2.45) is 56.7 Å². The van der Waals surface area contributed by atoms with Gasteiger partial charge < -0.3 is 20.2 Å². The normalized spacial score (nSPS) is 42.1. The number of aliphatic hydroxyl groups is 1. The molecule has 5 fully saturated rings. The summed E-state index contributed by atoms with van der Waals surface area (Å²) in [5.74, 6) is 2.62. The second kappa shape index (κ2) is 12.5. The zero-order chi connectivity index (χ0) is 36.9. The van der Waals surface area contributed by atoms with E-state index in [9.17, 15) is 18.3 Å². The van der Waals surface area contributed by atoms with E-state index in [1.807, 2.05) is 4.90 Å². The van der Waals surface area contributed by atoms with Crippen LogP contribution in [0.3, 0.4) is 0 Å². The highest BCUT2D eigenvalue weighted by Gasteiger charge is 2.69. The number of nitrogens with one attached hydrogen (secondary N) is 1. The quantitative estimate of drug-likeness (QED) is 0.235. The molecule has 1 amide bonds. The van der Waals surface area contributed by atoms with Gasteiger partial charge in [-0.2, -0.15) is 13.2 Å². The lowest BCUT2D eigenvalue weighted by molar-refractivity contribution is -0.205. The Morgan fingerprint density at radius 1 is 0.863 bits per heavy atom. The molecule has 4 saturated carbocycles. The Morgan fingerprint density at radius 3 is 2.16 bits per heavy atom. The summed E-state index contributed by atoms with van der Waals surface area (Å²) in [6, 6.07) is 4.94. The summed E-state index contributed by atoms with van der Waals surface area (Å²) in [4.78, 5) is 19.2. The average Bonchev–Trinajstić information content (AvgIpc) is 3.08. The summed E-state index contributed by atoms with van der Waals surface area (Å²) in [6.45, 7) is 19.5. The fourth-order valence-electron chi connectivity index (χ4n) is 13.2. The lowest BCUT2D eigenvalue weighted by Gasteiger charge is -2.71. The van der Waals surface area contributed by atoms with Crippen molar-refractivity contribution in [3.8, 4) is 0 Å². The Bertz CT molecular complexity index is 1570. The first-order valence-corrected chi connectivity index (χ1v) is 20.1. The molecule has 7 rings (SSSR count). The first-order valence-electron chi connectivity index (χ1n) is 19.7. The van der Waals surface area contributed by atoms with Crippen LogP contribution >= 0.6 is 12.2 Å². The van der Waals surface area contributed by atoms with Crippen LogP contribution < -0.4 is 5.32 Å². The van der Waals surface area contributed by atoms with Crippen molar-refractivity contribution in [1.29, 1.82) is 0 Å². The second-order valence-corrected chi connectivity index (χ2v) is 19.4. The van der Waals surface area contributed by atoms with Gasteiger partial charge in [-0.25, -0.2) is 0 Å². The first-order chi connectivity index (χ1) is 23.8. The number of nitrogens with zero attached hydrogens (tertiary/aromatic N) is 2. The zero-order valence-electron chi connectivity index (χ0n) is 31.8. The molecule has 1 aromatic carbocycles. The van der Waals surface area contributed by atoms with Crippen LogP contribution in [-0.4, -0.2) is 58.2 Å². The van der Waals surface area contributed by atoms with E-state index >= 15 is 4.79 Å². The van der Waals surface area contributed by atoms with Crippen LogP contribution in [0.25, 0.3) is 0 Å².